The molecule has 2 rings (SSSR count). The van der Waals surface area contributed by atoms with Crippen LogP contribution in [-0.4, -0.2) is 21.9 Å². The summed E-state index contributed by atoms with van der Waals surface area (Å²) in [6.07, 6.45) is 1.60. The Morgan fingerprint density at radius 1 is 1.30 bits per heavy atom. The number of nitrogens with two attached hydrogens (primary N) is 1. The van der Waals surface area contributed by atoms with Crippen LogP contribution in [0.5, 0.6) is 5.75 Å². The second-order valence-electron chi connectivity index (χ2n) is 3.96. The third kappa shape index (κ3) is 2.83. The second kappa shape index (κ2) is 5.54. The predicted octanol–water partition coefficient (Wildman–Crippen LogP) is 1.80. The van der Waals surface area contributed by atoms with Gasteiger partial charge < -0.3 is 21.1 Å². The highest BCUT2D eigenvalue weighted by Gasteiger charge is 2.12. The van der Waals surface area contributed by atoms with Gasteiger partial charge in [-0.1, -0.05) is 12.2 Å². The van der Waals surface area contributed by atoms with E-state index in [1.165, 1.54) is 18.2 Å². The summed E-state index contributed by atoms with van der Waals surface area (Å²) < 4.78 is 0.274. The van der Waals surface area contributed by atoms with Crippen LogP contribution in [0.2, 0.25) is 0 Å². The normalized spacial score (nSPS) is 10.0. The molecule has 0 aliphatic carbocycles. The quantitative estimate of drug-likeness (QED) is 0.510. The van der Waals surface area contributed by atoms with E-state index in [2.05, 4.69) is 10.3 Å². The van der Waals surface area contributed by atoms with E-state index in [1.807, 2.05) is 0 Å². The number of H-pyrrole nitrogens is 1. The highest BCUT2D eigenvalue weighted by atomic mass is 32.1. The molecule has 2 aromatic rings. The number of rotatable bonds is 3. The van der Waals surface area contributed by atoms with Crippen LogP contribution in [-0.2, 0) is 0 Å². The van der Waals surface area contributed by atoms with Crippen LogP contribution in [0.25, 0.3) is 0 Å². The number of amides is 2. The molecular weight excluding hydrogens is 278 g/mol. The first-order valence-electron chi connectivity index (χ1n) is 5.61. The molecular formula is C13H11N3O3S. The largest absolute Gasteiger partial charge is 0.506 e. The van der Waals surface area contributed by atoms with Gasteiger partial charge in [0.2, 0.25) is 5.91 Å². The number of carbonyl (C=O) groups is 2. The molecule has 0 atom stereocenters. The predicted molar refractivity (Wildman–Crippen MR) is 76.2 cm³/mol. The van der Waals surface area contributed by atoms with Crippen molar-refractivity contribution in [1.82, 2.24) is 4.98 Å². The lowest BCUT2D eigenvalue weighted by Gasteiger charge is -2.08. The van der Waals surface area contributed by atoms with Gasteiger partial charge in [-0.15, -0.1) is 0 Å². The summed E-state index contributed by atoms with van der Waals surface area (Å²) in [6.45, 7) is 0. The van der Waals surface area contributed by atoms with Crippen molar-refractivity contribution in [2.45, 2.75) is 0 Å². The summed E-state index contributed by atoms with van der Waals surface area (Å²) in [7, 11) is 0. The summed E-state index contributed by atoms with van der Waals surface area (Å²) in [4.78, 5) is 25.9. The SMILES string of the molecule is NC(=O)c1ccc(O)c(NC(=O)c2ccc[nH]c2=S)c1. The van der Waals surface area contributed by atoms with E-state index in [0.29, 0.717) is 0 Å². The molecule has 20 heavy (non-hydrogen) atoms. The maximum absolute atomic E-state index is 12.0. The van der Waals surface area contributed by atoms with Crippen LogP contribution in [0.4, 0.5) is 5.69 Å². The van der Waals surface area contributed by atoms with Crippen molar-refractivity contribution in [3.05, 3.63) is 52.3 Å². The summed E-state index contributed by atoms with van der Waals surface area (Å²) in [5.74, 6) is -1.32. The van der Waals surface area contributed by atoms with Crippen LogP contribution >= 0.6 is 12.2 Å². The number of aromatic amines is 1. The minimum atomic E-state index is -0.655. The third-order valence-electron chi connectivity index (χ3n) is 2.59. The minimum absolute atomic E-state index is 0.0875. The molecule has 0 bridgehead atoms. The van der Waals surface area contributed by atoms with E-state index in [9.17, 15) is 14.7 Å². The maximum Gasteiger partial charge on any atom is 0.258 e. The Hall–Kier alpha value is -2.67. The van der Waals surface area contributed by atoms with Crippen molar-refractivity contribution in [3.8, 4) is 5.75 Å². The number of phenols is 1. The topological polar surface area (TPSA) is 108 Å². The Morgan fingerprint density at radius 2 is 2.05 bits per heavy atom. The Morgan fingerprint density at radius 3 is 2.70 bits per heavy atom. The number of hydrogen-bond acceptors (Lipinski definition) is 4. The number of carbonyl (C=O) groups excluding carboxylic acids is 2. The molecule has 7 heteroatoms. The summed E-state index contributed by atoms with van der Waals surface area (Å²) in [5, 5.41) is 12.2. The fraction of sp³-hybridized carbons (Fsp3) is 0. The zero-order chi connectivity index (χ0) is 14.7. The number of phenolic OH excluding ortho intramolecular Hbond substituents is 1. The third-order valence-corrected chi connectivity index (χ3v) is 2.93. The Labute approximate surface area is 119 Å². The smallest absolute Gasteiger partial charge is 0.258 e. The molecule has 0 spiro atoms. The molecule has 0 fully saturated rings. The zero-order valence-electron chi connectivity index (χ0n) is 10.2. The molecule has 0 aliphatic rings. The Kier molecular flexibility index (Phi) is 3.81. The summed E-state index contributed by atoms with van der Waals surface area (Å²) in [6, 6.07) is 7.11. The summed E-state index contributed by atoms with van der Waals surface area (Å²) >= 11 is 4.99. The Balaban J connectivity index is 2.33. The minimum Gasteiger partial charge on any atom is -0.506 e. The molecule has 0 aliphatic heterocycles. The number of hydrogen-bond donors (Lipinski definition) is 4. The molecule has 5 N–H and O–H groups in total. The molecule has 2 amide bonds. The van der Waals surface area contributed by atoms with Crippen LogP contribution in [0, 0.1) is 4.64 Å². The van der Waals surface area contributed by atoms with Crippen molar-refractivity contribution >= 4 is 29.7 Å². The Bertz CT molecular complexity index is 740. The first-order valence-corrected chi connectivity index (χ1v) is 6.01. The lowest BCUT2D eigenvalue weighted by Crippen LogP contribution is -2.15. The van der Waals surface area contributed by atoms with Gasteiger partial charge in [0.15, 0.2) is 0 Å². The van der Waals surface area contributed by atoms with Crippen molar-refractivity contribution in [3.63, 3.8) is 0 Å². The van der Waals surface area contributed by atoms with E-state index in [-0.39, 0.29) is 27.2 Å². The van der Waals surface area contributed by atoms with Gasteiger partial charge in [0.25, 0.3) is 5.91 Å². The lowest BCUT2D eigenvalue weighted by atomic mass is 10.1. The van der Waals surface area contributed by atoms with E-state index in [0.717, 1.165) is 0 Å². The fourth-order valence-electron chi connectivity index (χ4n) is 1.58. The standard InChI is InChI=1S/C13H11N3O3S/c14-11(18)7-3-4-10(17)9(6-7)16-12(19)8-2-1-5-15-13(8)20/h1-6,17H,(H2,14,18)(H,15,20)(H,16,19). The van der Waals surface area contributed by atoms with Crippen LogP contribution in [0.3, 0.4) is 0 Å². The van der Waals surface area contributed by atoms with E-state index >= 15 is 0 Å². The van der Waals surface area contributed by atoms with E-state index in [4.69, 9.17) is 18.0 Å². The first-order chi connectivity index (χ1) is 9.49. The first kappa shape index (κ1) is 13.8. The van der Waals surface area contributed by atoms with Gasteiger partial charge >= 0.3 is 0 Å². The molecule has 1 aromatic carbocycles. The average molecular weight is 289 g/mol. The monoisotopic (exact) mass is 289 g/mol. The number of anilines is 1. The highest BCUT2D eigenvalue weighted by molar-refractivity contribution is 7.71. The van der Waals surface area contributed by atoms with Gasteiger partial charge in [0.05, 0.1) is 11.3 Å². The molecule has 1 heterocycles. The van der Waals surface area contributed by atoms with Gasteiger partial charge in [-0.25, -0.2) is 0 Å². The zero-order valence-corrected chi connectivity index (χ0v) is 11.0. The van der Waals surface area contributed by atoms with Crippen molar-refractivity contribution in [2.75, 3.05) is 5.32 Å². The molecule has 102 valence electrons. The lowest BCUT2D eigenvalue weighted by molar-refractivity contribution is 0.0996. The molecule has 0 saturated carbocycles. The number of aromatic nitrogens is 1. The number of benzene rings is 1. The van der Waals surface area contributed by atoms with Crippen molar-refractivity contribution in [2.24, 2.45) is 5.73 Å². The van der Waals surface area contributed by atoms with E-state index in [1.54, 1.807) is 18.3 Å². The molecule has 1 aromatic heterocycles. The number of nitrogens with one attached hydrogen (secondary N) is 2. The van der Waals surface area contributed by atoms with Crippen LogP contribution < -0.4 is 11.1 Å². The van der Waals surface area contributed by atoms with Crippen molar-refractivity contribution in [1.29, 1.82) is 0 Å². The maximum atomic E-state index is 12.0. The van der Waals surface area contributed by atoms with Gasteiger partial charge in [-0.05, 0) is 30.3 Å². The van der Waals surface area contributed by atoms with Gasteiger partial charge in [0.1, 0.15) is 10.4 Å². The summed E-state index contributed by atoms with van der Waals surface area (Å²) in [5.41, 5.74) is 5.66. The van der Waals surface area contributed by atoms with Gasteiger partial charge in [0, 0.05) is 11.8 Å². The highest BCUT2D eigenvalue weighted by Crippen LogP contribution is 2.24. The fourth-order valence-corrected chi connectivity index (χ4v) is 1.81. The van der Waals surface area contributed by atoms with Gasteiger partial charge in [-0.3, -0.25) is 9.59 Å². The molecule has 0 saturated heterocycles. The van der Waals surface area contributed by atoms with Crippen LogP contribution in [0.15, 0.2) is 36.5 Å². The second-order valence-corrected chi connectivity index (χ2v) is 4.37. The molecule has 0 radical (unpaired) electrons. The van der Waals surface area contributed by atoms with Crippen molar-refractivity contribution < 1.29 is 14.7 Å². The number of aromatic hydroxyl groups is 1. The van der Waals surface area contributed by atoms with E-state index < -0.39 is 11.8 Å². The molecule has 0 unspecified atom stereocenters. The van der Waals surface area contributed by atoms with Crippen LogP contribution in [0.1, 0.15) is 20.7 Å². The average Bonchev–Trinajstić information content (AvgIpc) is 2.41. The number of primary amides is 1. The van der Waals surface area contributed by atoms with Gasteiger partial charge in [-0.2, -0.15) is 0 Å². The molecule has 6 nitrogen and oxygen atoms in total. The number of pyridine rings is 1.